The summed E-state index contributed by atoms with van der Waals surface area (Å²) in [6.07, 6.45) is 19.4. The Morgan fingerprint density at radius 3 is 1.25 bits per heavy atom. The molecule has 0 saturated heterocycles. The third-order valence-corrected chi connectivity index (χ3v) is 7.67. The van der Waals surface area contributed by atoms with Gasteiger partial charge in [0.05, 0.1) is 24.3 Å². The van der Waals surface area contributed by atoms with E-state index in [1.165, 1.54) is 77.0 Å². The highest BCUT2D eigenvalue weighted by molar-refractivity contribution is 6.47. The van der Waals surface area contributed by atoms with Crippen LogP contribution in [0.2, 0.25) is 0 Å². The van der Waals surface area contributed by atoms with Gasteiger partial charge in [0.25, 0.3) is 0 Å². The third-order valence-electron chi connectivity index (χ3n) is 7.28. The zero-order valence-corrected chi connectivity index (χ0v) is 25.7. The number of halogens is 1. The number of para-hydroxylation sites is 2. The fourth-order valence-corrected chi connectivity index (χ4v) is 5.06. The van der Waals surface area contributed by atoms with Gasteiger partial charge in [0.2, 0.25) is 0 Å². The van der Waals surface area contributed by atoms with Gasteiger partial charge in [-0.2, -0.15) is 0 Å². The summed E-state index contributed by atoms with van der Waals surface area (Å²) in [5, 5.41) is -1.35. The Morgan fingerprint density at radius 2 is 0.875 bits per heavy atom. The van der Waals surface area contributed by atoms with Gasteiger partial charge in [0.15, 0.2) is 16.9 Å². The van der Waals surface area contributed by atoms with Crippen molar-refractivity contribution in [3.63, 3.8) is 0 Å². The first-order valence-corrected chi connectivity index (χ1v) is 16.2. The van der Waals surface area contributed by atoms with Crippen LogP contribution >= 0.6 is 11.6 Å². The number of ether oxygens (including phenoxy) is 2. The Balaban J connectivity index is 1.84. The molecule has 0 amide bonds. The second-order valence-corrected chi connectivity index (χ2v) is 11.2. The van der Waals surface area contributed by atoms with Crippen LogP contribution in [0.4, 0.5) is 0 Å². The molecule has 2 rings (SSSR count). The largest absolute Gasteiger partial charge is 0.493 e. The van der Waals surface area contributed by atoms with Crippen molar-refractivity contribution in [3.8, 4) is 11.5 Å². The van der Waals surface area contributed by atoms with E-state index in [0.717, 1.165) is 25.7 Å². The lowest BCUT2D eigenvalue weighted by molar-refractivity contribution is 0.0896. The smallest absolute Gasteiger partial charge is 0.192 e. The molecular formula is C35H51ClO4. The van der Waals surface area contributed by atoms with Gasteiger partial charge >= 0.3 is 0 Å². The van der Waals surface area contributed by atoms with E-state index < -0.39 is 16.9 Å². The Morgan fingerprint density at radius 1 is 0.550 bits per heavy atom. The number of alkyl halides is 1. The molecule has 0 heterocycles. The van der Waals surface area contributed by atoms with Gasteiger partial charge in [-0.25, -0.2) is 0 Å². The third kappa shape index (κ3) is 12.9. The highest BCUT2D eigenvalue weighted by Crippen LogP contribution is 2.27. The zero-order chi connectivity index (χ0) is 28.8. The summed E-state index contributed by atoms with van der Waals surface area (Å²) in [7, 11) is 0. The molecule has 0 unspecified atom stereocenters. The van der Waals surface area contributed by atoms with Crippen LogP contribution in [0.1, 0.15) is 137 Å². The fraction of sp³-hybridized carbons (Fsp3) is 0.600. The molecule has 0 aliphatic carbocycles. The molecule has 0 aliphatic heterocycles. The topological polar surface area (TPSA) is 52.6 Å². The van der Waals surface area contributed by atoms with Crippen molar-refractivity contribution in [1.82, 2.24) is 0 Å². The predicted molar refractivity (Wildman–Crippen MR) is 167 cm³/mol. The van der Waals surface area contributed by atoms with Gasteiger partial charge < -0.3 is 9.47 Å². The van der Waals surface area contributed by atoms with Crippen LogP contribution in [0.5, 0.6) is 11.5 Å². The van der Waals surface area contributed by atoms with Crippen molar-refractivity contribution in [2.45, 2.75) is 122 Å². The van der Waals surface area contributed by atoms with Crippen LogP contribution in [0.25, 0.3) is 0 Å². The van der Waals surface area contributed by atoms with E-state index in [4.69, 9.17) is 21.1 Å². The molecule has 2 aromatic carbocycles. The first kappa shape index (κ1) is 33.9. The Hall–Kier alpha value is -2.33. The van der Waals surface area contributed by atoms with E-state index in [1.54, 1.807) is 36.4 Å². The molecule has 0 aromatic heterocycles. The minimum atomic E-state index is -1.35. The number of unbranched alkanes of at least 4 members (excludes halogenated alkanes) is 14. The SMILES string of the molecule is CCCCCCCCCCOc1ccccc1C(=O)C(Cl)C(=O)c1ccccc1OCCCCCCCCCC. The number of ketones is 2. The quantitative estimate of drug-likeness (QED) is 0.0545. The molecule has 222 valence electrons. The lowest BCUT2D eigenvalue weighted by Crippen LogP contribution is -2.26. The van der Waals surface area contributed by atoms with Gasteiger partial charge in [0.1, 0.15) is 11.5 Å². The van der Waals surface area contributed by atoms with E-state index in [9.17, 15) is 9.59 Å². The summed E-state index contributed by atoms with van der Waals surface area (Å²) < 4.78 is 11.9. The normalized spacial score (nSPS) is 11.1. The molecule has 0 spiro atoms. The van der Waals surface area contributed by atoms with Gasteiger partial charge in [0, 0.05) is 0 Å². The molecule has 0 saturated carbocycles. The number of Topliss-reactive ketones (excluding diaryl/α,β-unsaturated/α-hetero) is 2. The number of benzene rings is 2. The lowest BCUT2D eigenvalue weighted by Gasteiger charge is -2.15. The molecule has 0 atom stereocenters. The average molecular weight is 571 g/mol. The zero-order valence-electron chi connectivity index (χ0n) is 24.9. The van der Waals surface area contributed by atoms with Crippen molar-refractivity contribution >= 4 is 23.2 Å². The standard InChI is InChI=1S/C35H51ClO4/c1-3-5-7-9-11-13-15-21-27-39-31-25-19-17-23-29(31)34(37)33(36)35(38)30-24-18-20-26-32(30)40-28-22-16-14-12-10-8-6-4-2/h17-20,23-26,33H,3-16,21-22,27-28H2,1-2H3. The van der Waals surface area contributed by atoms with Crippen molar-refractivity contribution in [3.05, 3.63) is 59.7 Å². The Bertz CT molecular complexity index is 896. The molecule has 5 heteroatoms. The molecule has 2 aromatic rings. The maximum Gasteiger partial charge on any atom is 0.192 e. The summed E-state index contributed by atoms with van der Waals surface area (Å²) in [6, 6.07) is 14.1. The highest BCUT2D eigenvalue weighted by Gasteiger charge is 2.30. The summed E-state index contributed by atoms with van der Waals surface area (Å²) >= 11 is 6.49. The maximum atomic E-state index is 13.3. The maximum absolute atomic E-state index is 13.3. The van der Waals surface area contributed by atoms with Crippen LogP contribution in [-0.4, -0.2) is 30.2 Å². The van der Waals surface area contributed by atoms with E-state index >= 15 is 0 Å². The van der Waals surface area contributed by atoms with Crippen molar-refractivity contribution in [2.75, 3.05) is 13.2 Å². The number of hydrogen-bond donors (Lipinski definition) is 0. The molecule has 0 aliphatic rings. The summed E-state index contributed by atoms with van der Waals surface area (Å²) in [4.78, 5) is 26.6. The summed E-state index contributed by atoms with van der Waals surface area (Å²) in [6.45, 7) is 5.54. The number of carbonyl (C=O) groups excluding carboxylic acids is 2. The molecule has 0 radical (unpaired) electrons. The van der Waals surface area contributed by atoms with E-state index in [0.29, 0.717) is 35.8 Å². The number of rotatable bonds is 24. The van der Waals surface area contributed by atoms with E-state index in [1.807, 2.05) is 12.1 Å². The number of hydrogen-bond acceptors (Lipinski definition) is 4. The monoisotopic (exact) mass is 570 g/mol. The predicted octanol–water partition coefficient (Wildman–Crippen LogP) is 10.4. The molecule has 0 N–H and O–H groups in total. The average Bonchev–Trinajstić information content (AvgIpc) is 2.98. The molecule has 0 fully saturated rings. The van der Waals surface area contributed by atoms with Gasteiger partial charge in [-0.1, -0.05) is 128 Å². The first-order chi connectivity index (χ1) is 19.6. The highest BCUT2D eigenvalue weighted by atomic mass is 35.5. The van der Waals surface area contributed by atoms with Crippen molar-refractivity contribution < 1.29 is 19.1 Å². The first-order valence-electron chi connectivity index (χ1n) is 15.8. The van der Waals surface area contributed by atoms with E-state index in [2.05, 4.69) is 13.8 Å². The Labute approximate surface area is 248 Å². The van der Waals surface area contributed by atoms with Crippen LogP contribution in [0.15, 0.2) is 48.5 Å². The Kier molecular flexibility index (Phi) is 18.1. The molecule has 4 nitrogen and oxygen atoms in total. The van der Waals surface area contributed by atoms with Crippen LogP contribution in [-0.2, 0) is 0 Å². The van der Waals surface area contributed by atoms with Gasteiger partial charge in [-0.3, -0.25) is 9.59 Å². The van der Waals surface area contributed by atoms with Crippen LogP contribution < -0.4 is 9.47 Å². The minimum absolute atomic E-state index is 0.341. The van der Waals surface area contributed by atoms with Crippen LogP contribution in [0, 0.1) is 0 Å². The second kappa shape index (κ2) is 21.4. The molecule has 40 heavy (non-hydrogen) atoms. The van der Waals surface area contributed by atoms with Crippen LogP contribution in [0.3, 0.4) is 0 Å². The molecule has 0 bridgehead atoms. The molecular weight excluding hydrogens is 520 g/mol. The van der Waals surface area contributed by atoms with E-state index in [-0.39, 0.29) is 0 Å². The lowest BCUT2D eigenvalue weighted by atomic mass is 9.99. The second-order valence-electron chi connectivity index (χ2n) is 10.7. The van der Waals surface area contributed by atoms with Gasteiger partial charge in [-0.15, -0.1) is 11.6 Å². The summed E-state index contributed by atoms with van der Waals surface area (Å²) in [5.41, 5.74) is 0.681. The minimum Gasteiger partial charge on any atom is -0.493 e. The fourth-order valence-electron chi connectivity index (χ4n) is 4.82. The summed E-state index contributed by atoms with van der Waals surface area (Å²) in [5.74, 6) is 0.0633. The van der Waals surface area contributed by atoms with Gasteiger partial charge in [-0.05, 0) is 37.1 Å². The van der Waals surface area contributed by atoms with Crippen molar-refractivity contribution in [1.29, 1.82) is 0 Å². The number of carbonyl (C=O) groups is 2. The van der Waals surface area contributed by atoms with Crippen molar-refractivity contribution in [2.24, 2.45) is 0 Å².